The van der Waals surface area contributed by atoms with Crippen molar-refractivity contribution in [2.45, 2.75) is 6.92 Å². The van der Waals surface area contributed by atoms with Gasteiger partial charge in [-0.25, -0.2) is 0 Å². The third-order valence-corrected chi connectivity index (χ3v) is 5.41. The van der Waals surface area contributed by atoms with E-state index in [1.54, 1.807) is 11.8 Å². The first kappa shape index (κ1) is 13.0. The summed E-state index contributed by atoms with van der Waals surface area (Å²) in [6, 6.07) is 5.96. The molecule has 0 unspecified atom stereocenters. The first-order valence-corrected chi connectivity index (χ1v) is 8.01. The average molecular weight is 311 g/mol. The Morgan fingerprint density at radius 3 is 3.00 bits per heavy atom. The van der Waals surface area contributed by atoms with Crippen LogP contribution in [0.4, 0.5) is 0 Å². The lowest BCUT2D eigenvalue weighted by atomic mass is 10.1. The Kier molecular flexibility index (Phi) is 3.52. The fraction of sp³-hybridized carbons (Fsp3) is 0.231. The minimum absolute atomic E-state index is 0.168. The molecular weight excluding hydrogens is 300 g/mol. The summed E-state index contributed by atoms with van der Waals surface area (Å²) in [5, 5.41) is 5.02. The number of halogens is 1. The smallest absolute Gasteiger partial charge is 0.268 e. The van der Waals surface area contributed by atoms with E-state index < -0.39 is 0 Å². The van der Waals surface area contributed by atoms with Crippen molar-refractivity contribution in [3.8, 4) is 0 Å². The molecule has 2 heterocycles. The maximum atomic E-state index is 12.2. The zero-order chi connectivity index (χ0) is 13.4. The number of hydrogen-bond acceptors (Lipinski definition) is 4. The first-order valence-electron chi connectivity index (χ1n) is 5.83. The average Bonchev–Trinajstić information content (AvgIpc) is 2.98. The highest BCUT2D eigenvalue weighted by Gasteiger charge is 2.20. The van der Waals surface area contributed by atoms with E-state index in [2.05, 4.69) is 10.3 Å². The van der Waals surface area contributed by atoms with Gasteiger partial charge in [0.25, 0.3) is 5.91 Å². The van der Waals surface area contributed by atoms with E-state index in [0.29, 0.717) is 15.1 Å². The van der Waals surface area contributed by atoms with Crippen molar-refractivity contribution < 1.29 is 4.79 Å². The van der Waals surface area contributed by atoms with Crippen LogP contribution in [0.1, 0.15) is 15.2 Å². The zero-order valence-corrected chi connectivity index (χ0v) is 12.6. The highest BCUT2D eigenvalue weighted by molar-refractivity contribution is 8.14. The van der Waals surface area contributed by atoms with Crippen LogP contribution in [0.25, 0.3) is 10.1 Å². The second-order valence-corrected chi connectivity index (χ2v) is 6.70. The molecule has 0 saturated carbocycles. The van der Waals surface area contributed by atoms with Gasteiger partial charge < -0.3 is 5.32 Å². The van der Waals surface area contributed by atoms with Gasteiger partial charge in [-0.2, -0.15) is 0 Å². The van der Waals surface area contributed by atoms with Crippen molar-refractivity contribution >= 4 is 55.9 Å². The molecule has 0 atom stereocenters. The number of aliphatic imine (C=N–C) groups is 1. The van der Waals surface area contributed by atoms with Crippen molar-refractivity contribution in [1.29, 1.82) is 0 Å². The molecule has 6 heteroatoms. The van der Waals surface area contributed by atoms with E-state index in [0.717, 1.165) is 27.9 Å². The number of aryl methyl sites for hydroxylation is 1. The molecule has 98 valence electrons. The second kappa shape index (κ2) is 5.15. The van der Waals surface area contributed by atoms with Crippen LogP contribution in [0.5, 0.6) is 0 Å². The van der Waals surface area contributed by atoms with Gasteiger partial charge in [0.05, 0.1) is 11.6 Å². The molecule has 3 rings (SSSR count). The molecule has 0 fully saturated rings. The quantitative estimate of drug-likeness (QED) is 0.872. The van der Waals surface area contributed by atoms with Crippen molar-refractivity contribution in [1.82, 2.24) is 5.32 Å². The molecule has 0 spiro atoms. The van der Waals surface area contributed by atoms with Gasteiger partial charge in [0.2, 0.25) is 0 Å². The number of nitrogens with one attached hydrogen (secondary N) is 1. The number of thiophene rings is 1. The summed E-state index contributed by atoms with van der Waals surface area (Å²) >= 11 is 9.33. The van der Waals surface area contributed by atoms with Gasteiger partial charge in [0.1, 0.15) is 4.88 Å². The summed E-state index contributed by atoms with van der Waals surface area (Å²) in [4.78, 5) is 17.0. The number of carbonyl (C=O) groups is 1. The lowest BCUT2D eigenvalue weighted by molar-refractivity contribution is 0.0982. The van der Waals surface area contributed by atoms with E-state index in [1.165, 1.54) is 11.3 Å². The Labute approximate surface area is 124 Å². The molecule has 19 heavy (non-hydrogen) atoms. The Hall–Kier alpha value is -1.04. The second-order valence-electron chi connectivity index (χ2n) is 4.18. The van der Waals surface area contributed by atoms with Crippen LogP contribution in [0.3, 0.4) is 0 Å². The van der Waals surface area contributed by atoms with Crippen LogP contribution in [-0.4, -0.2) is 23.4 Å². The van der Waals surface area contributed by atoms with Crippen LogP contribution in [0.15, 0.2) is 23.2 Å². The van der Waals surface area contributed by atoms with Crippen molar-refractivity contribution in [3.63, 3.8) is 0 Å². The number of amides is 1. The number of carbonyl (C=O) groups excluding carboxylic acids is 1. The van der Waals surface area contributed by atoms with Gasteiger partial charge in [-0.3, -0.25) is 9.79 Å². The summed E-state index contributed by atoms with van der Waals surface area (Å²) in [7, 11) is 0. The summed E-state index contributed by atoms with van der Waals surface area (Å²) in [5.74, 6) is 0.758. The molecule has 1 amide bonds. The molecule has 0 aliphatic carbocycles. The third kappa shape index (κ3) is 2.38. The highest BCUT2D eigenvalue weighted by Crippen LogP contribution is 2.37. The van der Waals surface area contributed by atoms with Gasteiger partial charge in [-0.05, 0) is 18.6 Å². The number of nitrogens with zero attached hydrogens (tertiary/aromatic N) is 1. The Balaban J connectivity index is 1.98. The fourth-order valence-corrected chi connectivity index (χ4v) is 4.28. The molecule has 1 aliphatic rings. The topological polar surface area (TPSA) is 41.5 Å². The van der Waals surface area contributed by atoms with Gasteiger partial charge in [0, 0.05) is 15.8 Å². The van der Waals surface area contributed by atoms with E-state index in [-0.39, 0.29) is 5.91 Å². The molecule has 1 aliphatic heterocycles. The molecule has 0 radical (unpaired) electrons. The number of fused-ring (bicyclic) bond motifs is 1. The molecule has 0 bridgehead atoms. The molecule has 1 aromatic heterocycles. The number of amidine groups is 1. The molecule has 1 aromatic carbocycles. The van der Waals surface area contributed by atoms with E-state index >= 15 is 0 Å². The van der Waals surface area contributed by atoms with Crippen molar-refractivity contribution in [2.24, 2.45) is 4.99 Å². The van der Waals surface area contributed by atoms with Crippen molar-refractivity contribution in [3.05, 3.63) is 33.7 Å². The molecule has 0 saturated heterocycles. The van der Waals surface area contributed by atoms with Gasteiger partial charge in [-0.1, -0.05) is 35.5 Å². The normalized spacial score (nSPS) is 14.7. The Bertz CT molecular complexity index is 693. The number of benzene rings is 1. The third-order valence-electron chi connectivity index (χ3n) is 2.88. The monoisotopic (exact) mass is 310 g/mol. The summed E-state index contributed by atoms with van der Waals surface area (Å²) in [5.41, 5.74) is 1.09. The van der Waals surface area contributed by atoms with Gasteiger partial charge in [0.15, 0.2) is 5.17 Å². The summed E-state index contributed by atoms with van der Waals surface area (Å²) in [6.07, 6.45) is 0. The lowest BCUT2D eigenvalue weighted by Crippen LogP contribution is -2.26. The Morgan fingerprint density at radius 2 is 2.32 bits per heavy atom. The largest absolute Gasteiger partial charge is 0.301 e. The van der Waals surface area contributed by atoms with Crippen LogP contribution < -0.4 is 5.32 Å². The van der Waals surface area contributed by atoms with Crippen LogP contribution in [0, 0.1) is 6.92 Å². The molecule has 2 aromatic rings. The van der Waals surface area contributed by atoms with E-state index in [1.807, 2.05) is 25.1 Å². The Morgan fingerprint density at radius 1 is 1.47 bits per heavy atom. The number of hydrogen-bond donors (Lipinski definition) is 1. The van der Waals surface area contributed by atoms with Crippen LogP contribution >= 0.6 is 34.7 Å². The maximum Gasteiger partial charge on any atom is 0.268 e. The highest BCUT2D eigenvalue weighted by atomic mass is 35.5. The summed E-state index contributed by atoms with van der Waals surface area (Å²) in [6.45, 7) is 2.76. The molecule has 1 N–H and O–H groups in total. The SMILES string of the molecule is Cc1cccc2sc(C(=O)NC3=NCCS3)c(Cl)c12. The lowest BCUT2D eigenvalue weighted by Gasteiger charge is -2.01. The van der Waals surface area contributed by atoms with Crippen LogP contribution in [0.2, 0.25) is 5.02 Å². The summed E-state index contributed by atoms with van der Waals surface area (Å²) < 4.78 is 1.04. The first-order chi connectivity index (χ1) is 9.16. The minimum atomic E-state index is -0.168. The van der Waals surface area contributed by atoms with Gasteiger partial charge >= 0.3 is 0 Å². The van der Waals surface area contributed by atoms with E-state index in [9.17, 15) is 4.79 Å². The zero-order valence-electron chi connectivity index (χ0n) is 10.2. The number of thioether (sulfide) groups is 1. The maximum absolute atomic E-state index is 12.2. The van der Waals surface area contributed by atoms with Crippen molar-refractivity contribution in [2.75, 3.05) is 12.3 Å². The standard InChI is InChI=1S/C13H11ClN2OS2/c1-7-3-2-4-8-9(7)10(14)11(19-8)12(17)16-13-15-5-6-18-13/h2-4H,5-6H2,1H3,(H,15,16,17). The fourth-order valence-electron chi connectivity index (χ4n) is 1.99. The minimum Gasteiger partial charge on any atom is -0.301 e. The molecular formula is C13H11ClN2OS2. The van der Waals surface area contributed by atoms with Crippen LogP contribution in [-0.2, 0) is 0 Å². The van der Waals surface area contributed by atoms with Gasteiger partial charge in [-0.15, -0.1) is 11.3 Å². The predicted molar refractivity (Wildman–Crippen MR) is 83.8 cm³/mol. The molecule has 3 nitrogen and oxygen atoms in total. The number of rotatable bonds is 1. The predicted octanol–water partition coefficient (Wildman–Crippen LogP) is 3.70. The van der Waals surface area contributed by atoms with E-state index in [4.69, 9.17) is 11.6 Å².